The Labute approximate surface area is 111 Å². The molecule has 1 heterocycles. The summed E-state index contributed by atoms with van der Waals surface area (Å²) in [5.41, 5.74) is 7.25. The van der Waals surface area contributed by atoms with Crippen molar-refractivity contribution >= 4 is 35.0 Å². The molecule has 0 spiro atoms. The lowest BCUT2D eigenvalue weighted by Gasteiger charge is -2.14. The van der Waals surface area contributed by atoms with Crippen LogP contribution in [0.25, 0.3) is 0 Å². The summed E-state index contributed by atoms with van der Waals surface area (Å²) in [4.78, 5) is 2.42. The first-order valence-electron chi connectivity index (χ1n) is 4.96. The maximum absolute atomic E-state index is 5.86. The zero-order chi connectivity index (χ0) is 9.97. The molecule has 0 aliphatic carbocycles. The predicted octanol–water partition coefficient (Wildman–Crippen LogP) is 2.25. The van der Waals surface area contributed by atoms with Gasteiger partial charge in [-0.25, -0.2) is 0 Å². The van der Waals surface area contributed by atoms with Gasteiger partial charge >= 0.3 is 0 Å². The molecule has 84 valence electrons. The summed E-state index contributed by atoms with van der Waals surface area (Å²) in [6.45, 7) is 3.24. The summed E-state index contributed by atoms with van der Waals surface area (Å²) in [5, 5.41) is 0. The van der Waals surface area contributed by atoms with Crippen LogP contribution in [0.4, 0.5) is 0 Å². The van der Waals surface area contributed by atoms with Crippen molar-refractivity contribution in [2.24, 2.45) is 5.73 Å². The average Bonchev–Trinajstić information content (AvgIpc) is 2.56. The van der Waals surface area contributed by atoms with Gasteiger partial charge in [-0.3, -0.25) is 4.90 Å². The fourth-order valence-electron chi connectivity index (χ4n) is 1.85. The first-order chi connectivity index (χ1) is 6.74. The van der Waals surface area contributed by atoms with Gasteiger partial charge in [-0.1, -0.05) is 12.1 Å². The molecule has 1 aliphatic heterocycles. The number of likely N-dealkylation sites (tertiary alicyclic amines) is 1. The number of benzene rings is 1. The largest absolute Gasteiger partial charge is 0.326 e. The van der Waals surface area contributed by atoms with Gasteiger partial charge in [-0.15, -0.1) is 12.4 Å². The molecule has 2 nitrogen and oxygen atoms in total. The molecule has 15 heavy (non-hydrogen) atoms. The summed E-state index contributed by atoms with van der Waals surface area (Å²) in [6, 6.07) is 9.11. The molecule has 0 saturated carbocycles. The Morgan fingerprint density at radius 1 is 1.33 bits per heavy atom. The first kappa shape index (κ1) is 13.2. The van der Waals surface area contributed by atoms with Gasteiger partial charge in [0.25, 0.3) is 0 Å². The summed E-state index contributed by atoms with van der Waals surface area (Å²) in [5.74, 6) is 0. The van der Waals surface area contributed by atoms with E-state index in [0.717, 1.165) is 26.1 Å². The summed E-state index contributed by atoms with van der Waals surface area (Å²) in [6.07, 6.45) is 1.14. The van der Waals surface area contributed by atoms with Crippen LogP contribution in [-0.4, -0.2) is 24.0 Å². The molecule has 0 radical (unpaired) electrons. The van der Waals surface area contributed by atoms with Gasteiger partial charge in [0.1, 0.15) is 0 Å². The van der Waals surface area contributed by atoms with Gasteiger partial charge in [0.2, 0.25) is 0 Å². The van der Waals surface area contributed by atoms with Gasteiger partial charge in [0.15, 0.2) is 0 Å². The van der Waals surface area contributed by atoms with Gasteiger partial charge in [0.05, 0.1) is 0 Å². The van der Waals surface area contributed by atoms with E-state index in [2.05, 4.69) is 51.8 Å². The van der Waals surface area contributed by atoms with Crippen molar-refractivity contribution in [1.82, 2.24) is 4.90 Å². The molecule has 0 aromatic heterocycles. The molecule has 1 aliphatic rings. The normalized spacial score (nSPS) is 21.3. The quantitative estimate of drug-likeness (QED) is 0.838. The topological polar surface area (TPSA) is 29.3 Å². The van der Waals surface area contributed by atoms with E-state index in [4.69, 9.17) is 5.73 Å². The van der Waals surface area contributed by atoms with Crippen LogP contribution < -0.4 is 5.73 Å². The van der Waals surface area contributed by atoms with E-state index < -0.39 is 0 Å². The highest BCUT2D eigenvalue weighted by Gasteiger charge is 2.18. The fraction of sp³-hybridized carbons (Fsp3) is 0.455. The molecular weight excluding hydrogens is 322 g/mol. The molecule has 0 amide bonds. The van der Waals surface area contributed by atoms with E-state index >= 15 is 0 Å². The van der Waals surface area contributed by atoms with Crippen molar-refractivity contribution in [3.63, 3.8) is 0 Å². The van der Waals surface area contributed by atoms with Crippen molar-refractivity contribution < 1.29 is 0 Å². The fourth-order valence-corrected chi connectivity index (χ4v) is 2.21. The van der Waals surface area contributed by atoms with Crippen molar-refractivity contribution in [2.75, 3.05) is 13.1 Å². The van der Waals surface area contributed by atoms with Crippen LogP contribution in [0, 0.1) is 3.57 Å². The Morgan fingerprint density at radius 2 is 2.00 bits per heavy atom. The van der Waals surface area contributed by atoms with Gasteiger partial charge in [-0.05, 0) is 46.7 Å². The van der Waals surface area contributed by atoms with Gasteiger partial charge in [0, 0.05) is 29.2 Å². The minimum atomic E-state index is 0. The summed E-state index contributed by atoms with van der Waals surface area (Å²) >= 11 is 2.33. The average molecular weight is 339 g/mol. The molecule has 2 rings (SSSR count). The summed E-state index contributed by atoms with van der Waals surface area (Å²) < 4.78 is 1.30. The highest BCUT2D eigenvalue weighted by Crippen LogP contribution is 2.13. The third-order valence-electron chi connectivity index (χ3n) is 2.63. The Morgan fingerprint density at radius 3 is 2.53 bits per heavy atom. The van der Waals surface area contributed by atoms with Crippen molar-refractivity contribution in [3.8, 4) is 0 Å². The molecule has 1 atom stereocenters. The van der Waals surface area contributed by atoms with Crippen molar-refractivity contribution in [1.29, 1.82) is 0 Å². The van der Waals surface area contributed by atoms with Crippen LogP contribution in [0.15, 0.2) is 24.3 Å². The van der Waals surface area contributed by atoms with Gasteiger partial charge < -0.3 is 5.73 Å². The number of halogens is 2. The number of nitrogens with zero attached hydrogens (tertiary/aromatic N) is 1. The number of rotatable bonds is 2. The highest BCUT2D eigenvalue weighted by molar-refractivity contribution is 14.1. The lowest BCUT2D eigenvalue weighted by molar-refractivity contribution is 0.327. The van der Waals surface area contributed by atoms with Crippen LogP contribution in [0.1, 0.15) is 12.0 Å². The number of hydrogen-bond donors (Lipinski definition) is 1. The van der Waals surface area contributed by atoms with Crippen LogP contribution in [0.5, 0.6) is 0 Å². The molecule has 1 aromatic carbocycles. The zero-order valence-electron chi connectivity index (χ0n) is 8.53. The van der Waals surface area contributed by atoms with Crippen LogP contribution in [-0.2, 0) is 6.54 Å². The van der Waals surface area contributed by atoms with E-state index in [1.807, 2.05) is 0 Å². The van der Waals surface area contributed by atoms with E-state index in [1.54, 1.807) is 0 Å². The van der Waals surface area contributed by atoms with E-state index in [0.29, 0.717) is 6.04 Å². The maximum Gasteiger partial charge on any atom is 0.0234 e. The standard InChI is InChI=1S/C11H15IN2.ClH/c12-10-3-1-9(2-4-10)7-14-6-5-11(13)8-14;/h1-4,11H,5-8,13H2;1H/t11-;/m0./s1. The minimum absolute atomic E-state index is 0. The van der Waals surface area contributed by atoms with E-state index in [-0.39, 0.29) is 12.4 Å². The lowest BCUT2D eigenvalue weighted by atomic mass is 10.2. The second-order valence-electron chi connectivity index (χ2n) is 3.91. The highest BCUT2D eigenvalue weighted by atomic mass is 127. The molecule has 1 aromatic rings. The second kappa shape index (κ2) is 6.03. The van der Waals surface area contributed by atoms with Crippen molar-refractivity contribution in [3.05, 3.63) is 33.4 Å². The Hall–Kier alpha value is 0.160. The molecule has 4 heteroatoms. The Balaban J connectivity index is 0.00000112. The monoisotopic (exact) mass is 338 g/mol. The van der Waals surface area contributed by atoms with Crippen LogP contribution >= 0.6 is 35.0 Å². The SMILES string of the molecule is Cl.N[C@H]1CCN(Cc2ccc(I)cc2)C1. The smallest absolute Gasteiger partial charge is 0.0234 e. The molecule has 1 fully saturated rings. The van der Waals surface area contributed by atoms with E-state index in [9.17, 15) is 0 Å². The third kappa shape index (κ3) is 3.90. The molecule has 0 bridgehead atoms. The second-order valence-corrected chi connectivity index (χ2v) is 5.16. The van der Waals surface area contributed by atoms with E-state index in [1.165, 1.54) is 9.13 Å². The first-order valence-corrected chi connectivity index (χ1v) is 6.04. The molecule has 1 saturated heterocycles. The molecule has 0 unspecified atom stereocenters. The van der Waals surface area contributed by atoms with Crippen LogP contribution in [0.3, 0.4) is 0 Å². The Kier molecular flexibility index (Phi) is 5.32. The lowest BCUT2D eigenvalue weighted by Crippen LogP contribution is -2.26. The zero-order valence-corrected chi connectivity index (χ0v) is 11.5. The molecule has 2 N–H and O–H groups in total. The predicted molar refractivity (Wildman–Crippen MR) is 74.3 cm³/mol. The number of nitrogens with two attached hydrogens (primary N) is 1. The third-order valence-corrected chi connectivity index (χ3v) is 3.35. The van der Waals surface area contributed by atoms with Gasteiger partial charge in [-0.2, -0.15) is 0 Å². The van der Waals surface area contributed by atoms with Crippen LogP contribution in [0.2, 0.25) is 0 Å². The molecular formula is C11H16ClIN2. The maximum atomic E-state index is 5.86. The minimum Gasteiger partial charge on any atom is -0.326 e. The summed E-state index contributed by atoms with van der Waals surface area (Å²) in [7, 11) is 0. The Bertz CT molecular complexity index is 302. The van der Waals surface area contributed by atoms with Crippen molar-refractivity contribution in [2.45, 2.75) is 19.0 Å². The number of hydrogen-bond acceptors (Lipinski definition) is 2.